The standard InChI is InChI=1S/C15H12ClFN2O5/c1-23-13-6-9(12(19(21)22)7-14(13)24-2)15(20)18-8-3-4-10(16)11(17)5-8/h3-7H,1-2H3,(H,18,20). The molecule has 9 heteroatoms. The van der Waals surface area contributed by atoms with Gasteiger partial charge >= 0.3 is 0 Å². The fourth-order valence-corrected chi connectivity index (χ4v) is 2.09. The van der Waals surface area contributed by atoms with Crippen molar-refractivity contribution in [1.29, 1.82) is 0 Å². The largest absolute Gasteiger partial charge is 0.493 e. The number of nitrogens with zero attached hydrogens (tertiary/aromatic N) is 1. The maximum atomic E-state index is 13.4. The van der Waals surface area contributed by atoms with Crippen molar-refractivity contribution >= 4 is 28.9 Å². The summed E-state index contributed by atoms with van der Waals surface area (Å²) in [5, 5.41) is 13.5. The van der Waals surface area contributed by atoms with Gasteiger partial charge in [-0.25, -0.2) is 4.39 Å². The minimum Gasteiger partial charge on any atom is -0.493 e. The number of amides is 1. The number of rotatable bonds is 5. The molecular weight excluding hydrogens is 343 g/mol. The van der Waals surface area contributed by atoms with E-state index in [0.29, 0.717) is 0 Å². The highest BCUT2D eigenvalue weighted by Gasteiger charge is 2.24. The number of anilines is 1. The fourth-order valence-electron chi connectivity index (χ4n) is 1.97. The van der Waals surface area contributed by atoms with Crippen molar-refractivity contribution in [2.75, 3.05) is 19.5 Å². The number of carbonyl (C=O) groups excluding carboxylic acids is 1. The summed E-state index contributed by atoms with van der Waals surface area (Å²) in [6, 6.07) is 5.90. The number of nitro benzene ring substituents is 1. The van der Waals surface area contributed by atoms with E-state index < -0.39 is 22.3 Å². The molecule has 0 atom stereocenters. The molecule has 0 fully saturated rings. The van der Waals surface area contributed by atoms with Crippen LogP contribution in [0.5, 0.6) is 11.5 Å². The zero-order valence-electron chi connectivity index (χ0n) is 12.6. The van der Waals surface area contributed by atoms with E-state index in [2.05, 4.69) is 5.32 Å². The number of methoxy groups -OCH3 is 2. The lowest BCUT2D eigenvalue weighted by atomic mass is 10.1. The lowest BCUT2D eigenvalue weighted by Gasteiger charge is -2.11. The van der Waals surface area contributed by atoms with Crippen LogP contribution >= 0.6 is 11.6 Å². The summed E-state index contributed by atoms with van der Waals surface area (Å²) >= 11 is 5.57. The van der Waals surface area contributed by atoms with Crippen LogP contribution in [-0.2, 0) is 0 Å². The second kappa shape index (κ2) is 7.14. The smallest absolute Gasteiger partial charge is 0.286 e. The molecule has 0 aromatic heterocycles. The van der Waals surface area contributed by atoms with E-state index in [4.69, 9.17) is 21.1 Å². The summed E-state index contributed by atoms with van der Waals surface area (Å²) in [7, 11) is 2.65. The number of nitro groups is 1. The van der Waals surface area contributed by atoms with E-state index in [9.17, 15) is 19.3 Å². The molecule has 0 aliphatic heterocycles. The molecule has 1 N–H and O–H groups in total. The predicted molar refractivity (Wildman–Crippen MR) is 85.6 cm³/mol. The summed E-state index contributed by atoms with van der Waals surface area (Å²) in [4.78, 5) is 22.8. The van der Waals surface area contributed by atoms with E-state index in [-0.39, 0.29) is 27.8 Å². The first-order chi connectivity index (χ1) is 11.4. The Labute approximate surface area is 141 Å². The zero-order chi connectivity index (χ0) is 17.9. The molecule has 0 spiro atoms. The third-order valence-corrected chi connectivity index (χ3v) is 3.43. The molecule has 2 aromatic rings. The molecule has 0 aliphatic rings. The lowest BCUT2D eigenvalue weighted by molar-refractivity contribution is -0.385. The number of benzene rings is 2. The molecular formula is C15H12ClFN2O5. The monoisotopic (exact) mass is 354 g/mol. The SMILES string of the molecule is COc1cc(C(=O)Nc2ccc(Cl)c(F)c2)c([N+](=O)[O-])cc1OC. The van der Waals surface area contributed by atoms with Crippen molar-refractivity contribution in [3.8, 4) is 11.5 Å². The average molecular weight is 355 g/mol. The predicted octanol–water partition coefficient (Wildman–Crippen LogP) is 3.66. The maximum Gasteiger partial charge on any atom is 0.286 e. The average Bonchev–Trinajstić information content (AvgIpc) is 2.56. The molecule has 2 aromatic carbocycles. The van der Waals surface area contributed by atoms with Gasteiger partial charge in [0.15, 0.2) is 11.5 Å². The molecule has 24 heavy (non-hydrogen) atoms. The van der Waals surface area contributed by atoms with Crippen LogP contribution in [0.1, 0.15) is 10.4 Å². The van der Waals surface area contributed by atoms with Crippen molar-refractivity contribution in [3.63, 3.8) is 0 Å². The summed E-state index contributed by atoms with van der Waals surface area (Å²) in [5.41, 5.74) is -0.626. The van der Waals surface area contributed by atoms with Gasteiger partial charge in [0.25, 0.3) is 11.6 Å². The molecule has 2 rings (SSSR count). The van der Waals surface area contributed by atoms with Gasteiger partial charge in [0.1, 0.15) is 11.4 Å². The Morgan fingerprint density at radius 1 is 1.21 bits per heavy atom. The third kappa shape index (κ3) is 3.54. The normalized spacial score (nSPS) is 10.2. The Morgan fingerprint density at radius 2 is 1.83 bits per heavy atom. The van der Waals surface area contributed by atoms with E-state index in [0.717, 1.165) is 12.1 Å². The van der Waals surface area contributed by atoms with Crippen LogP contribution in [0.3, 0.4) is 0 Å². The summed E-state index contributed by atoms with van der Waals surface area (Å²) in [6.45, 7) is 0. The Morgan fingerprint density at radius 3 is 2.38 bits per heavy atom. The van der Waals surface area contributed by atoms with Gasteiger partial charge in [0.05, 0.1) is 30.2 Å². The van der Waals surface area contributed by atoms with Crippen LogP contribution in [0.2, 0.25) is 5.02 Å². The van der Waals surface area contributed by atoms with Crippen molar-refractivity contribution < 1.29 is 23.6 Å². The summed E-state index contributed by atoms with van der Waals surface area (Å²) in [6.07, 6.45) is 0. The van der Waals surface area contributed by atoms with Gasteiger partial charge in [-0.2, -0.15) is 0 Å². The molecule has 0 saturated heterocycles. The molecule has 0 bridgehead atoms. The second-order valence-corrected chi connectivity index (χ2v) is 4.97. The molecule has 0 radical (unpaired) electrons. The molecule has 126 valence electrons. The minimum absolute atomic E-state index is 0.103. The number of hydrogen-bond acceptors (Lipinski definition) is 5. The maximum absolute atomic E-state index is 13.4. The molecule has 0 saturated carbocycles. The van der Waals surface area contributed by atoms with Crippen LogP contribution in [0, 0.1) is 15.9 Å². The van der Waals surface area contributed by atoms with Gasteiger partial charge in [-0.05, 0) is 18.2 Å². The molecule has 7 nitrogen and oxygen atoms in total. The Hall–Kier alpha value is -2.87. The van der Waals surface area contributed by atoms with Gasteiger partial charge in [-0.3, -0.25) is 14.9 Å². The van der Waals surface area contributed by atoms with Crippen LogP contribution in [0.15, 0.2) is 30.3 Å². The highest BCUT2D eigenvalue weighted by atomic mass is 35.5. The number of hydrogen-bond donors (Lipinski definition) is 1. The van der Waals surface area contributed by atoms with Gasteiger partial charge in [-0.1, -0.05) is 11.6 Å². The summed E-state index contributed by atoms with van der Waals surface area (Å²) < 4.78 is 23.5. The van der Waals surface area contributed by atoms with Crippen molar-refractivity contribution in [2.24, 2.45) is 0 Å². The first-order valence-electron chi connectivity index (χ1n) is 6.54. The van der Waals surface area contributed by atoms with Crippen LogP contribution < -0.4 is 14.8 Å². The Bertz CT molecular complexity index is 813. The second-order valence-electron chi connectivity index (χ2n) is 4.56. The van der Waals surface area contributed by atoms with Crippen molar-refractivity contribution in [3.05, 3.63) is 56.8 Å². The van der Waals surface area contributed by atoms with E-state index in [1.165, 1.54) is 32.4 Å². The van der Waals surface area contributed by atoms with Gasteiger partial charge in [0.2, 0.25) is 0 Å². The van der Waals surface area contributed by atoms with Crippen LogP contribution in [0.25, 0.3) is 0 Å². The van der Waals surface area contributed by atoms with Gasteiger partial charge in [-0.15, -0.1) is 0 Å². The van der Waals surface area contributed by atoms with Crippen LogP contribution in [0.4, 0.5) is 15.8 Å². The molecule has 1 amide bonds. The number of ether oxygens (including phenoxy) is 2. The van der Waals surface area contributed by atoms with E-state index >= 15 is 0 Å². The summed E-state index contributed by atoms with van der Waals surface area (Å²) in [5.74, 6) is -1.27. The number of carbonyl (C=O) groups is 1. The molecule has 0 aliphatic carbocycles. The lowest BCUT2D eigenvalue weighted by Crippen LogP contribution is -2.14. The zero-order valence-corrected chi connectivity index (χ0v) is 13.4. The fraction of sp³-hybridized carbons (Fsp3) is 0.133. The third-order valence-electron chi connectivity index (χ3n) is 3.12. The first-order valence-corrected chi connectivity index (χ1v) is 6.92. The highest BCUT2D eigenvalue weighted by molar-refractivity contribution is 6.30. The Balaban J connectivity index is 2.43. The molecule has 0 heterocycles. The number of nitrogens with one attached hydrogen (secondary N) is 1. The first kappa shape index (κ1) is 17.5. The number of halogens is 2. The van der Waals surface area contributed by atoms with Gasteiger partial charge < -0.3 is 14.8 Å². The minimum atomic E-state index is -0.802. The topological polar surface area (TPSA) is 90.7 Å². The van der Waals surface area contributed by atoms with Crippen molar-refractivity contribution in [2.45, 2.75) is 0 Å². The van der Waals surface area contributed by atoms with Gasteiger partial charge in [0, 0.05) is 11.8 Å². The quantitative estimate of drug-likeness (QED) is 0.653. The van der Waals surface area contributed by atoms with E-state index in [1.807, 2.05) is 0 Å². The Kier molecular flexibility index (Phi) is 5.20. The molecule has 0 unspecified atom stereocenters. The highest BCUT2D eigenvalue weighted by Crippen LogP contribution is 2.34. The van der Waals surface area contributed by atoms with Crippen LogP contribution in [-0.4, -0.2) is 25.1 Å². The van der Waals surface area contributed by atoms with E-state index in [1.54, 1.807) is 0 Å². The van der Waals surface area contributed by atoms with Crippen molar-refractivity contribution in [1.82, 2.24) is 0 Å².